The van der Waals surface area contributed by atoms with Crippen LogP contribution in [0.15, 0.2) is 0 Å². The first-order valence-electron chi connectivity index (χ1n) is 6.38. The van der Waals surface area contributed by atoms with Gasteiger partial charge in [-0.25, -0.2) is 4.79 Å². The Morgan fingerprint density at radius 1 is 1.38 bits per heavy atom. The third-order valence-electron chi connectivity index (χ3n) is 3.53. The van der Waals surface area contributed by atoms with Crippen LogP contribution in [0.2, 0.25) is 0 Å². The minimum Gasteiger partial charge on any atom is -0.333 e. The van der Waals surface area contributed by atoms with Crippen LogP contribution in [-0.4, -0.2) is 36.1 Å². The first-order valence-corrected chi connectivity index (χ1v) is 6.38. The van der Waals surface area contributed by atoms with Crippen LogP contribution in [0.5, 0.6) is 0 Å². The van der Waals surface area contributed by atoms with Crippen LogP contribution in [0.4, 0.5) is 4.79 Å². The molecule has 1 unspecified atom stereocenters. The van der Waals surface area contributed by atoms with Gasteiger partial charge in [0.05, 0.1) is 0 Å². The van der Waals surface area contributed by atoms with Gasteiger partial charge in [-0.2, -0.15) is 0 Å². The number of nitrogens with one attached hydrogen (secondary N) is 1. The quantitative estimate of drug-likeness (QED) is 0.768. The normalized spacial score (nSPS) is 20.3. The van der Waals surface area contributed by atoms with E-state index < -0.39 is 0 Å². The maximum Gasteiger partial charge on any atom is 0.317 e. The maximum atomic E-state index is 12.0. The molecular formula is C12H25N3O. The maximum absolute atomic E-state index is 12.0. The monoisotopic (exact) mass is 227 g/mol. The minimum absolute atomic E-state index is 0.0810. The van der Waals surface area contributed by atoms with Crippen LogP contribution < -0.4 is 11.1 Å². The molecule has 0 aliphatic carbocycles. The van der Waals surface area contributed by atoms with Crippen molar-refractivity contribution in [2.75, 3.05) is 19.6 Å². The van der Waals surface area contributed by atoms with Crippen LogP contribution in [0, 0.1) is 0 Å². The van der Waals surface area contributed by atoms with Crippen LogP contribution in [0.1, 0.15) is 46.0 Å². The summed E-state index contributed by atoms with van der Waals surface area (Å²) in [7, 11) is 0. The first kappa shape index (κ1) is 13.3. The summed E-state index contributed by atoms with van der Waals surface area (Å²) in [5.41, 5.74) is 5.43. The first-order chi connectivity index (χ1) is 7.61. The Morgan fingerprint density at radius 3 is 2.50 bits per heavy atom. The van der Waals surface area contributed by atoms with Crippen molar-refractivity contribution in [1.82, 2.24) is 10.2 Å². The summed E-state index contributed by atoms with van der Waals surface area (Å²) in [5, 5.41) is 3.12. The predicted octanol–water partition coefficient (Wildman–Crippen LogP) is 1.70. The summed E-state index contributed by atoms with van der Waals surface area (Å²) in [5.74, 6) is 0. The highest BCUT2D eigenvalue weighted by Gasteiger charge is 2.26. The standard InChI is InChI=1S/C12H25N3O/c1-3-12(2,7-8-13)14-11(16)15-9-5-4-6-10-15/h3-10,13H2,1-2H3,(H,14,16). The Labute approximate surface area is 98.6 Å². The Kier molecular flexibility index (Phi) is 5.06. The number of hydrogen-bond acceptors (Lipinski definition) is 2. The van der Waals surface area contributed by atoms with Gasteiger partial charge < -0.3 is 16.0 Å². The zero-order valence-electron chi connectivity index (χ0n) is 10.6. The lowest BCUT2D eigenvalue weighted by Crippen LogP contribution is -2.53. The molecule has 1 rings (SSSR count). The van der Waals surface area contributed by atoms with Crippen molar-refractivity contribution in [2.24, 2.45) is 5.73 Å². The smallest absolute Gasteiger partial charge is 0.317 e. The Hall–Kier alpha value is -0.770. The molecule has 4 nitrogen and oxygen atoms in total. The van der Waals surface area contributed by atoms with Crippen molar-refractivity contribution in [3.05, 3.63) is 0 Å². The molecule has 1 atom stereocenters. The molecule has 1 heterocycles. The summed E-state index contributed by atoms with van der Waals surface area (Å²) >= 11 is 0. The molecule has 1 aliphatic heterocycles. The topological polar surface area (TPSA) is 58.4 Å². The van der Waals surface area contributed by atoms with Crippen LogP contribution in [0.3, 0.4) is 0 Å². The number of carbonyl (C=O) groups is 1. The molecule has 0 bridgehead atoms. The van der Waals surface area contributed by atoms with E-state index in [4.69, 9.17) is 5.73 Å². The van der Waals surface area contributed by atoms with Gasteiger partial charge in [0.25, 0.3) is 0 Å². The van der Waals surface area contributed by atoms with Gasteiger partial charge in [0.2, 0.25) is 0 Å². The predicted molar refractivity (Wildman–Crippen MR) is 66.3 cm³/mol. The van der Waals surface area contributed by atoms with E-state index in [1.165, 1.54) is 6.42 Å². The number of nitrogens with two attached hydrogens (primary N) is 1. The Bertz CT molecular complexity index is 226. The van der Waals surface area contributed by atoms with E-state index in [1.807, 2.05) is 4.90 Å². The molecule has 1 saturated heterocycles. The van der Waals surface area contributed by atoms with Crippen molar-refractivity contribution < 1.29 is 4.79 Å². The van der Waals surface area contributed by atoms with Crippen LogP contribution >= 0.6 is 0 Å². The summed E-state index contributed by atoms with van der Waals surface area (Å²) in [6.45, 7) is 6.57. The van der Waals surface area contributed by atoms with E-state index in [-0.39, 0.29) is 11.6 Å². The largest absolute Gasteiger partial charge is 0.333 e. The third-order valence-corrected chi connectivity index (χ3v) is 3.53. The zero-order chi connectivity index (χ0) is 12.0. The molecule has 94 valence electrons. The summed E-state index contributed by atoms with van der Waals surface area (Å²) in [6.07, 6.45) is 5.27. The fourth-order valence-corrected chi connectivity index (χ4v) is 2.08. The number of hydrogen-bond donors (Lipinski definition) is 2. The summed E-state index contributed by atoms with van der Waals surface area (Å²) < 4.78 is 0. The highest BCUT2D eigenvalue weighted by atomic mass is 16.2. The van der Waals surface area contributed by atoms with Gasteiger partial charge in [0.15, 0.2) is 0 Å². The molecular weight excluding hydrogens is 202 g/mol. The zero-order valence-corrected chi connectivity index (χ0v) is 10.6. The van der Waals surface area contributed by atoms with Crippen molar-refractivity contribution in [3.8, 4) is 0 Å². The number of carbonyl (C=O) groups excluding carboxylic acids is 1. The highest BCUT2D eigenvalue weighted by molar-refractivity contribution is 5.75. The average Bonchev–Trinajstić information content (AvgIpc) is 2.30. The molecule has 0 saturated carbocycles. The molecule has 1 aliphatic rings. The highest BCUT2D eigenvalue weighted by Crippen LogP contribution is 2.15. The lowest BCUT2D eigenvalue weighted by molar-refractivity contribution is 0.171. The molecule has 0 aromatic rings. The molecule has 0 aromatic carbocycles. The number of amides is 2. The molecule has 0 aromatic heterocycles. The van der Waals surface area contributed by atoms with E-state index >= 15 is 0 Å². The van der Waals surface area contributed by atoms with E-state index in [2.05, 4.69) is 19.2 Å². The van der Waals surface area contributed by atoms with Crippen molar-refractivity contribution in [2.45, 2.75) is 51.5 Å². The summed E-state index contributed by atoms with van der Waals surface area (Å²) in [6, 6.07) is 0.0810. The number of rotatable bonds is 4. The summed E-state index contributed by atoms with van der Waals surface area (Å²) in [4.78, 5) is 13.9. The molecule has 3 N–H and O–H groups in total. The molecule has 2 amide bonds. The third kappa shape index (κ3) is 3.67. The fourth-order valence-electron chi connectivity index (χ4n) is 2.08. The SMILES string of the molecule is CCC(C)(CCN)NC(=O)N1CCCCC1. The Balaban J connectivity index is 2.47. The van der Waals surface area contributed by atoms with E-state index in [1.54, 1.807) is 0 Å². The van der Waals surface area contributed by atoms with Gasteiger partial charge in [0, 0.05) is 18.6 Å². The van der Waals surface area contributed by atoms with Gasteiger partial charge in [0.1, 0.15) is 0 Å². The number of piperidine rings is 1. The second kappa shape index (κ2) is 6.09. The van der Waals surface area contributed by atoms with Gasteiger partial charge in [-0.1, -0.05) is 6.92 Å². The van der Waals surface area contributed by atoms with Crippen molar-refractivity contribution >= 4 is 6.03 Å². The Morgan fingerprint density at radius 2 is 2.00 bits per heavy atom. The number of nitrogens with zero attached hydrogens (tertiary/aromatic N) is 1. The minimum atomic E-state index is -0.150. The van der Waals surface area contributed by atoms with Gasteiger partial charge in [-0.15, -0.1) is 0 Å². The van der Waals surface area contributed by atoms with Gasteiger partial charge in [-0.05, 0) is 45.6 Å². The lowest BCUT2D eigenvalue weighted by atomic mass is 9.95. The number of likely N-dealkylation sites (tertiary alicyclic amines) is 1. The fraction of sp³-hybridized carbons (Fsp3) is 0.917. The second-order valence-electron chi connectivity index (χ2n) is 4.93. The van der Waals surface area contributed by atoms with E-state index in [9.17, 15) is 4.79 Å². The van der Waals surface area contributed by atoms with Crippen LogP contribution in [0.25, 0.3) is 0 Å². The van der Waals surface area contributed by atoms with Crippen molar-refractivity contribution in [1.29, 1.82) is 0 Å². The van der Waals surface area contributed by atoms with Gasteiger partial charge >= 0.3 is 6.03 Å². The second-order valence-corrected chi connectivity index (χ2v) is 4.93. The lowest BCUT2D eigenvalue weighted by Gasteiger charge is -2.34. The van der Waals surface area contributed by atoms with E-state index in [0.29, 0.717) is 6.54 Å². The molecule has 1 fully saturated rings. The molecule has 16 heavy (non-hydrogen) atoms. The van der Waals surface area contributed by atoms with Crippen molar-refractivity contribution in [3.63, 3.8) is 0 Å². The number of urea groups is 1. The molecule has 0 radical (unpaired) electrons. The average molecular weight is 227 g/mol. The molecule has 4 heteroatoms. The van der Waals surface area contributed by atoms with Gasteiger partial charge in [-0.3, -0.25) is 0 Å². The van der Waals surface area contributed by atoms with E-state index in [0.717, 1.165) is 38.8 Å². The van der Waals surface area contributed by atoms with Crippen LogP contribution in [-0.2, 0) is 0 Å². The molecule has 0 spiro atoms.